The fraction of sp³-hybridized carbons (Fsp3) is 0.615. The maximum absolute atomic E-state index is 10.3. The predicted octanol–water partition coefficient (Wildman–Crippen LogP) is 2.58. The molecule has 0 fully saturated rings. The minimum atomic E-state index is -0.695. The summed E-state index contributed by atoms with van der Waals surface area (Å²) in [6.45, 7) is 1.85. The molecule has 1 aromatic rings. The number of carboxylic acids is 1. The first kappa shape index (κ1) is 12.6. The third-order valence-electron chi connectivity index (χ3n) is 3.09. The van der Waals surface area contributed by atoms with Crippen LogP contribution in [0.25, 0.3) is 0 Å². The van der Waals surface area contributed by atoms with Crippen molar-refractivity contribution in [1.29, 1.82) is 0 Å². The van der Waals surface area contributed by atoms with Crippen molar-refractivity contribution in [3.05, 3.63) is 21.4 Å². The zero-order chi connectivity index (χ0) is 12.1. The summed E-state index contributed by atoms with van der Waals surface area (Å²) < 4.78 is 0. The average molecular weight is 253 g/mol. The number of hydrogen-bond donors (Lipinski definition) is 2. The molecular weight excluding hydrogens is 234 g/mol. The lowest BCUT2D eigenvalue weighted by Crippen LogP contribution is -2.14. The predicted molar refractivity (Wildman–Crippen MR) is 69.5 cm³/mol. The molecule has 0 unspecified atom stereocenters. The molecule has 1 heterocycles. The van der Waals surface area contributed by atoms with Gasteiger partial charge in [-0.3, -0.25) is 4.79 Å². The van der Waals surface area contributed by atoms with Gasteiger partial charge in [0, 0.05) is 22.7 Å². The Labute approximate surface area is 106 Å². The lowest BCUT2D eigenvalue weighted by Gasteiger charge is -2.02. The van der Waals surface area contributed by atoms with Crippen LogP contribution in [-0.2, 0) is 24.2 Å². The Kier molecular flexibility index (Phi) is 4.57. The van der Waals surface area contributed by atoms with Gasteiger partial charge < -0.3 is 10.4 Å². The van der Waals surface area contributed by atoms with Crippen LogP contribution in [0.15, 0.2) is 6.07 Å². The Hall–Kier alpha value is -0.870. The second-order valence-electron chi connectivity index (χ2n) is 4.54. The normalized spacial score (nSPS) is 13.9. The van der Waals surface area contributed by atoms with Crippen molar-refractivity contribution in [2.24, 2.45) is 0 Å². The van der Waals surface area contributed by atoms with E-state index in [2.05, 4.69) is 11.4 Å². The molecule has 1 aliphatic carbocycles. The van der Waals surface area contributed by atoms with Crippen LogP contribution >= 0.6 is 11.3 Å². The monoisotopic (exact) mass is 253 g/mol. The minimum Gasteiger partial charge on any atom is -0.481 e. The third kappa shape index (κ3) is 3.82. The van der Waals surface area contributed by atoms with Crippen molar-refractivity contribution >= 4 is 17.3 Å². The Morgan fingerprint density at radius 1 is 1.41 bits per heavy atom. The first-order valence-corrected chi connectivity index (χ1v) is 7.10. The van der Waals surface area contributed by atoms with Crippen LogP contribution in [0.1, 0.15) is 41.0 Å². The molecule has 0 spiro atoms. The summed E-state index contributed by atoms with van der Waals surface area (Å²) in [4.78, 5) is 13.3. The number of thiophene rings is 1. The topological polar surface area (TPSA) is 49.3 Å². The van der Waals surface area contributed by atoms with Gasteiger partial charge in [-0.15, -0.1) is 11.3 Å². The summed E-state index contributed by atoms with van der Waals surface area (Å²) in [7, 11) is 0. The fourth-order valence-electron chi connectivity index (χ4n) is 2.22. The Bertz CT molecular complexity index is 365. The zero-order valence-electron chi connectivity index (χ0n) is 10.00. The molecule has 2 rings (SSSR count). The first-order chi connectivity index (χ1) is 8.25. The van der Waals surface area contributed by atoms with E-state index >= 15 is 0 Å². The second-order valence-corrected chi connectivity index (χ2v) is 5.76. The number of carbonyl (C=O) groups is 1. The van der Waals surface area contributed by atoms with Gasteiger partial charge in [0.25, 0.3) is 0 Å². The molecule has 3 nitrogen and oxygen atoms in total. The van der Waals surface area contributed by atoms with Gasteiger partial charge in [0.2, 0.25) is 0 Å². The molecule has 4 heteroatoms. The van der Waals surface area contributed by atoms with Crippen LogP contribution in [-0.4, -0.2) is 17.6 Å². The highest BCUT2D eigenvalue weighted by molar-refractivity contribution is 7.12. The SMILES string of the molecule is O=C(O)CCCCNCc1cc2c(s1)CCC2. The van der Waals surface area contributed by atoms with Crippen LogP contribution in [0.2, 0.25) is 0 Å². The zero-order valence-corrected chi connectivity index (χ0v) is 10.8. The van der Waals surface area contributed by atoms with Gasteiger partial charge in [0.1, 0.15) is 0 Å². The molecule has 0 atom stereocenters. The van der Waals surface area contributed by atoms with Crippen LogP contribution in [0.4, 0.5) is 0 Å². The van der Waals surface area contributed by atoms with Crippen molar-refractivity contribution < 1.29 is 9.90 Å². The number of hydrogen-bond acceptors (Lipinski definition) is 3. The van der Waals surface area contributed by atoms with E-state index in [4.69, 9.17) is 5.11 Å². The number of rotatable bonds is 7. The fourth-order valence-corrected chi connectivity index (χ4v) is 3.45. The average Bonchev–Trinajstić information content (AvgIpc) is 2.82. The molecule has 1 aliphatic rings. The maximum atomic E-state index is 10.3. The second kappa shape index (κ2) is 6.17. The Morgan fingerprint density at radius 2 is 2.29 bits per heavy atom. The molecule has 17 heavy (non-hydrogen) atoms. The Morgan fingerprint density at radius 3 is 3.06 bits per heavy atom. The van der Waals surface area contributed by atoms with Crippen molar-refractivity contribution in [3.8, 4) is 0 Å². The number of unbranched alkanes of at least 4 members (excludes halogenated alkanes) is 1. The standard InChI is InChI=1S/C13H19NO2S/c15-13(16)6-1-2-7-14-9-11-8-10-4-3-5-12(10)17-11/h8,14H,1-7,9H2,(H,15,16). The first-order valence-electron chi connectivity index (χ1n) is 6.28. The molecule has 0 amide bonds. The molecule has 0 radical (unpaired) electrons. The van der Waals surface area contributed by atoms with Gasteiger partial charge in [-0.25, -0.2) is 0 Å². The molecular formula is C13H19NO2S. The summed E-state index contributed by atoms with van der Waals surface area (Å²) >= 11 is 1.93. The summed E-state index contributed by atoms with van der Waals surface area (Å²) in [5.41, 5.74) is 1.55. The number of fused-ring (bicyclic) bond motifs is 1. The van der Waals surface area contributed by atoms with Gasteiger partial charge >= 0.3 is 5.97 Å². The molecule has 1 aromatic heterocycles. The summed E-state index contributed by atoms with van der Waals surface area (Å²) in [6.07, 6.45) is 5.84. The molecule has 0 saturated heterocycles. The number of aryl methyl sites for hydroxylation is 2. The smallest absolute Gasteiger partial charge is 0.303 e. The highest BCUT2D eigenvalue weighted by Gasteiger charge is 2.14. The molecule has 0 saturated carbocycles. The summed E-state index contributed by atoms with van der Waals surface area (Å²) in [5.74, 6) is -0.695. The van der Waals surface area contributed by atoms with Crippen molar-refractivity contribution in [1.82, 2.24) is 5.32 Å². The van der Waals surface area contributed by atoms with Crippen LogP contribution in [0, 0.1) is 0 Å². The summed E-state index contributed by atoms with van der Waals surface area (Å²) in [6, 6.07) is 2.33. The molecule has 2 N–H and O–H groups in total. The van der Waals surface area contributed by atoms with Gasteiger partial charge in [-0.1, -0.05) is 0 Å². The minimum absolute atomic E-state index is 0.287. The van der Waals surface area contributed by atoms with Gasteiger partial charge in [-0.05, 0) is 50.3 Å². The van der Waals surface area contributed by atoms with Gasteiger partial charge in [-0.2, -0.15) is 0 Å². The molecule has 0 bridgehead atoms. The van der Waals surface area contributed by atoms with E-state index in [9.17, 15) is 4.79 Å². The quantitative estimate of drug-likeness (QED) is 0.734. The largest absolute Gasteiger partial charge is 0.481 e. The van der Waals surface area contributed by atoms with Crippen LogP contribution < -0.4 is 5.32 Å². The van der Waals surface area contributed by atoms with Gasteiger partial charge in [0.05, 0.1) is 0 Å². The summed E-state index contributed by atoms with van der Waals surface area (Å²) in [5, 5.41) is 11.9. The van der Waals surface area contributed by atoms with Gasteiger partial charge in [0.15, 0.2) is 0 Å². The molecule has 0 aromatic carbocycles. The van der Waals surface area contributed by atoms with Crippen LogP contribution in [0.3, 0.4) is 0 Å². The number of nitrogens with one attached hydrogen (secondary N) is 1. The van der Waals surface area contributed by atoms with Crippen molar-refractivity contribution in [3.63, 3.8) is 0 Å². The van der Waals surface area contributed by atoms with E-state index < -0.39 is 5.97 Å². The Balaban J connectivity index is 1.60. The number of carboxylic acid groups (broad SMARTS) is 1. The third-order valence-corrected chi connectivity index (χ3v) is 4.33. The van der Waals surface area contributed by atoms with E-state index in [1.807, 2.05) is 11.3 Å². The lowest BCUT2D eigenvalue weighted by atomic mass is 10.2. The molecule has 0 aliphatic heterocycles. The maximum Gasteiger partial charge on any atom is 0.303 e. The highest BCUT2D eigenvalue weighted by atomic mass is 32.1. The van der Waals surface area contributed by atoms with E-state index in [0.29, 0.717) is 0 Å². The van der Waals surface area contributed by atoms with E-state index in [0.717, 1.165) is 25.9 Å². The van der Waals surface area contributed by atoms with E-state index in [1.165, 1.54) is 24.1 Å². The number of aliphatic carboxylic acids is 1. The van der Waals surface area contributed by atoms with E-state index in [-0.39, 0.29) is 6.42 Å². The van der Waals surface area contributed by atoms with E-state index in [1.54, 1.807) is 10.4 Å². The molecule has 94 valence electrons. The lowest BCUT2D eigenvalue weighted by molar-refractivity contribution is -0.137. The highest BCUT2D eigenvalue weighted by Crippen LogP contribution is 2.30. The van der Waals surface area contributed by atoms with Crippen LogP contribution in [0.5, 0.6) is 0 Å². The van der Waals surface area contributed by atoms with Crippen molar-refractivity contribution in [2.75, 3.05) is 6.54 Å². The van der Waals surface area contributed by atoms with Crippen molar-refractivity contribution in [2.45, 2.75) is 45.1 Å².